The molecule has 3 heteroatoms. The SMILES string of the molecule is CN1CN=C(c2ccccc2)O1. The molecule has 0 spiro atoms. The Morgan fingerprint density at radius 3 is 2.67 bits per heavy atom. The highest BCUT2D eigenvalue weighted by Crippen LogP contribution is 2.08. The summed E-state index contributed by atoms with van der Waals surface area (Å²) in [6.07, 6.45) is 0. The first kappa shape index (κ1) is 7.31. The van der Waals surface area contributed by atoms with E-state index in [0.717, 1.165) is 5.56 Å². The van der Waals surface area contributed by atoms with Crippen LogP contribution in [0.25, 0.3) is 0 Å². The van der Waals surface area contributed by atoms with Gasteiger partial charge < -0.3 is 4.84 Å². The molecule has 0 bridgehead atoms. The third kappa shape index (κ3) is 1.31. The van der Waals surface area contributed by atoms with E-state index in [9.17, 15) is 0 Å². The molecule has 0 saturated carbocycles. The highest BCUT2D eigenvalue weighted by Gasteiger charge is 2.13. The molecular weight excluding hydrogens is 152 g/mol. The minimum atomic E-state index is 0.615. The van der Waals surface area contributed by atoms with Crippen LogP contribution in [0.2, 0.25) is 0 Å². The van der Waals surface area contributed by atoms with Crippen molar-refractivity contribution in [2.24, 2.45) is 4.99 Å². The Hall–Kier alpha value is -1.35. The molecule has 1 aliphatic rings. The first-order chi connectivity index (χ1) is 5.86. The molecular formula is C9H10N2O. The van der Waals surface area contributed by atoms with E-state index >= 15 is 0 Å². The van der Waals surface area contributed by atoms with Gasteiger partial charge in [0.15, 0.2) is 0 Å². The maximum absolute atomic E-state index is 5.33. The molecule has 0 saturated heterocycles. The van der Waals surface area contributed by atoms with E-state index in [4.69, 9.17) is 4.84 Å². The lowest BCUT2D eigenvalue weighted by Crippen LogP contribution is -2.14. The van der Waals surface area contributed by atoms with E-state index in [1.54, 1.807) is 5.06 Å². The smallest absolute Gasteiger partial charge is 0.242 e. The lowest BCUT2D eigenvalue weighted by Gasteiger charge is -2.06. The number of hydrogen-bond acceptors (Lipinski definition) is 3. The molecule has 0 aliphatic carbocycles. The zero-order valence-corrected chi connectivity index (χ0v) is 6.90. The van der Waals surface area contributed by atoms with Crippen molar-refractivity contribution in [2.75, 3.05) is 13.7 Å². The van der Waals surface area contributed by atoms with Gasteiger partial charge in [-0.3, -0.25) is 0 Å². The summed E-state index contributed by atoms with van der Waals surface area (Å²) >= 11 is 0. The summed E-state index contributed by atoms with van der Waals surface area (Å²) in [7, 11) is 1.86. The maximum Gasteiger partial charge on any atom is 0.242 e. The molecule has 0 atom stereocenters. The molecule has 0 radical (unpaired) electrons. The van der Waals surface area contributed by atoms with Gasteiger partial charge in [-0.2, -0.15) is 0 Å². The minimum absolute atomic E-state index is 0.615. The van der Waals surface area contributed by atoms with Crippen LogP contribution in [0, 0.1) is 0 Å². The van der Waals surface area contributed by atoms with Crippen LogP contribution in [0.4, 0.5) is 0 Å². The highest BCUT2D eigenvalue weighted by molar-refractivity contribution is 5.94. The number of nitrogens with zero attached hydrogens (tertiary/aromatic N) is 2. The van der Waals surface area contributed by atoms with Crippen LogP contribution >= 0.6 is 0 Å². The second kappa shape index (κ2) is 2.95. The van der Waals surface area contributed by atoms with Gasteiger partial charge in [-0.1, -0.05) is 18.2 Å². The van der Waals surface area contributed by atoms with Crippen LogP contribution in [0.15, 0.2) is 35.3 Å². The zero-order chi connectivity index (χ0) is 8.39. The summed E-state index contributed by atoms with van der Waals surface area (Å²) in [5.74, 6) is 0.707. The number of rotatable bonds is 1. The van der Waals surface area contributed by atoms with E-state index in [-0.39, 0.29) is 0 Å². The summed E-state index contributed by atoms with van der Waals surface area (Å²) in [6, 6.07) is 9.89. The van der Waals surface area contributed by atoms with Crippen molar-refractivity contribution < 1.29 is 4.84 Å². The molecule has 12 heavy (non-hydrogen) atoms. The Balaban J connectivity index is 2.22. The van der Waals surface area contributed by atoms with Gasteiger partial charge in [-0.25, -0.2) is 4.99 Å². The monoisotopic (exact) mass is 162 g/mol. The van der Waals surface area contributed by atoms with Crippen molar-refractivity contribution in [3.63, 3.8) is 0 Å². The van der Waals surface area contributed by atoms with Gasteiger partial charge in [0.1, 0.15) is 6.67 Å². The number of hydroxylamine groups is 2. The van der Waals surface area contributed by atoms with Crippen LogP contribution in [0.1, 0.15) is 5.56 Å². The number of hydrogen-bond donors (Lipinski definition) is 0. The van der Waals surface area contributed by atoms with Gasteiger partial charge >= 0.3 is 0 Å². The molecule has 0 fully saturated rings. The van der Waals surface area contributed by atoms with Crippen LogP contribution in [-0.2, 0) is 4.84 Å². The summed E-state index contributed by atoms with van der Waals surface area (Å²) < 4.78 is 0. The van der Waals surface area contributed by atoms with E-state index in [2.05, 4.69) is 4.99 Å². The topological polar surface area (TPSA) is 24.8 Å². The number of aliphatic imine (C=N–C) groups is 1. The van der Waals surface area contributed by atoms with Gasteiger partial charge in [0, 0.05) is 12.6 Å². The second-order valence-electron chi connectivity index (χ2n) is 2.69. The Morgan fingerprint density at radius 1 is 1.33 bits per heavy atom. The molecule has 0 amide bonds. The predicted molar refractivity (Wildman–Crippen MR) is 46.7 cm³/mol. The zero-order valence-electron chi connectivity index (χ0n) is 6.90. The van der Waals surface area contributed by atoms with Gasteiger partial charge in [0.25, 0.3) is 0 Å². The van der Waals surface area contributed by atoms with Crippen molar-refractivity contribution in [1.29, 1.82) is 0 Å². The lowest BCUT2D eigenvalue weighted by molar-refractivity contribution is -0.0198. The van der Waals surface area contributed by atoms with Crippen molar-refractivity contribution in [3.05, 3.63) is 35.9 Å². The van der Waals surface area contributed by atoms with Gasteiger partial charge in [-0.05, 0) is 12.1 Å². The third-order valence-corrected chi connectivity index (χ3v) is 1.68. The first-order valence-corrected chi connectivity index (χ1v) is 3.85. The van der Waals surface area contributed by atoms with Crippen LogP contribution in [0.5, 0.6) is 0 Å². The largest absolute Gasteiger partial charge is 0.384 e. The van der Waals surface area contributed by atoms with Crippen LogP contribution < -0.4 is 0 Å². The Bertz CT molecular complexity index is 295. The molecule has 1 aromatic rings. The Morgan fingerprint density at radius 2 is 2.08 bits per heavy atom. The average Bonchev–Trinajstić information content (AvgIpc) is 2.54. The maximum atomic E-state index is 5.33. The molecule has 0 aromatic heterocycles. The standard InChI is InChI=1S/C9H10N2O/c1-11-7-10-9(12-11)8-5-3-2-4-6-8/h2-6H,7H2,1H3. The molecule has 1 heterocycles. The third-order valence-electron chi connectivity index (χ3n) is 1.68. The summed E-state index contributed by atoms with van der Waals surface area (Å²) in [6.45, 7) is 0.615. The number of benzene rings is 1. The predicted octanol–water partition coefficient (Wildman–Crippen LogP) is 1.27. The quantitative estimate of drug-likeness (QED) is 0.621. The normalized spacial score (nSPS) is 17.2. The second-order valence-corrected chi connectivity index (χ2v) is 2.69. The highest BCUT2D eigenvalue weighted by atomic mass is 16.7. The Kier molecular flexibility index (Phi) is 1.80. The van der Waals surface area contributed by atoms with Gasteiger partial charge in [-0.15, -0.1) is 5.06 Å². The fourth-order valence-corrected chi connectivity index (χ4v) is 1.09. The van der Waals surface area contributed by atoms with Crippen molar-refractivity contribution in [3.8, 4) is 0 Å². The van der Waals surface area contributed by atoms with Crippen LogP contribution in [0.3, 0.4) is 0 Å². The average molecular weight is 162 g/mol. The summed E-state index contributed by atoms with van der Waals surface area (Å²) in [4.78, 5) is 9.54. The molecule has 0 unspecified atom stereocenters. The molecule has 1 aliphatic heterocycles. The van der Waals surface area contributed by atoms with Crippen molar-refractivity contribution in [2.45, 2.75) is 0 Å². The Labute approximate surface area is 71.2 Å². The van der Waals surface area contributed by atoms with Crippen LogP contribution in [-0.4, -0.2) is 24.7 Å². The van der Waals surface area contributed by atoms with E-state index < -0.39 is 0 Å². The lowest BCUT2D eigenvalue weighted by atomic mass is 10.2. The first-order valence-electron chi connectivity index (χ1n) is 3.85. The molecule has 0 N–H and O–H groups in total. The van der Waals surface area contributed by atoms with E-state index in [0.29, 0.717) is 12.6 Å². The fraction of sp³-hybridized carbons (Fsp3) is 0.222. The van der Waals surface area contributed by atoms with Crippen molar-refractivity contribution in [1.82, 2.24) is 5.06 Å². The molecule has 1 aromatic carbocycles. The summed E-state index contributed by atoms with van der Waals surface area (Å²) in [5, 5.41) is 1.70. The van der Waals surface area contributed by atoms with Gasteiger partial charge in [0.2, 0.25) is 5.90 Å². The fourth-order valence-electron chi connectivity index (χ4n) is 1.09. The van der Waals surface area contributed by atoms with Gasteiger partial charge in [0.05, 0.1) is 0 Å². The molecule has 2 rings (SSSR count). The van der Waals surface area contributed by atoms with E-state index in [1.807, 2.05) is 37.4 Å². The summed E-state index contributed by atoms with van der Waals surface area (Å²) in [5.41, 5.74) is 1.03. The molecule has 3 nitrogen and oxygen atoms in total. The minimum Gasteiger partial charge on any atom is -0.384 e. The van der Waals surface area contributed by atoms with E-state index in [1.165, 1.54) is 0 Å². The van der Waals surface area contributed by atoms with Crippen molar-refractivity contribution >= 4 is 5.90 Å². The molecule has 62 valence electrons.